The molecule has 3 N–H and O–H groups in total. The van der Waals surface area contributed by atoms with Crippen molar-refractivity contribution in [2.75, 3.05) is 25.1 Å². The van der Waals surface area contributed by atoms with Crippen LogP contribution in [0.3, 0.4) is 0 Å². The van der Waals surface area contributed by atoms with Crippen molar-refractivity contribution in [3.8, 4) is 11.8 Å². The number of nitrogens with one attached hydrogen (secondary N) is 1. The van der Waals surface area contributed by atoms with Crippen molar-refractivity contribution in [2.45, 2.75) is 12.7 Å². The number of nitrogen functional groups attached to an aromatic ring is 1. The fourth-order valence-electron chi connectivity index (χ4n) is 2.86. The minimum atomic E-state index is -4.59. The van der Waals surface area contributed by atoms with Gasteiger partial charge < -0.3 is 16.0 Å². The minimum Gasteiger partial charge on any atom is -0.368 e. The maximum Gasteiger partial charge on any atom is 0.416 e. The molecule has 0 radical (unpaired) electrons. The van der Waals surface area contributed by atoms with Crippen LogP contribution in [-0.2, 0) is 12.7 Å². The Bertz CT molecular complexity index is 1230. The SMILES string of the molecule is CN(C)Cc1ccc(C(F)(F)F)cc1NC(=O)c1cc(C#Cc2cnc(N)nc2)ccc1F. The molecule has 0 aliphatic heterocycles. The molecule has 1 amide bonds. The monoisotopic (exact) mass is 457 g/mol. The Morgan fingerprint density at radius 2 is 1.73 bits per heavy atom. The van der Waals surface area contributed by atoms with Gasteiger partial charge in [-0.3, -0.25) is 4.79 Å². The molecular weight excluding hydrogens is 438 g/mol. The van der Waals surface area contributed by atoms with E-state index in [9.17, 15) is 22.4 Å². The highest BCUT2D eigenvalue weighted by molar-refractivity contribution is 6.05. The second kappa shape index (κ2) is 9.67. The lowest BCUT2D eigenvalue weighted by Crippen LogP contribution is -2.19. The molecule has 170 valence electrons. The van der Waals surface area contributed by atoms with Crippen molar-refractivity contribution in [3.63, 3.8) is 0 Å². The van der Waals surface area contributed by atoms with Crippen molar-refractivity contribution >= 4 is 17.5 Å². The average Bonchev–Trinajstić information content (AvgIpc) is 2.74. The quantitative estimate of drug-likeness (QED) is 0.458. The van der Waals surface area contributed by atoms with Crippen LogP contribution in [0.5, 0.6) is 0 Å². The molecule has 0 spiro atoms. The van der Waals surface area contributed by atoms with E-state index in [2.05, 4.69) is 27.1 Å². The molecule has 10 heteroatoms. The summed E-state index contributed by atoms with van der Waals surface area (Å²) < 4.78 is 53.9. The number of nitrogens with zero attached hydrogens (tertiary/aromatic N) is 3. The molecule has 0 aliphatic carbocycles. The maximum atomic E-state index is 14.4. The zero-order valence-corrected chi connectivity index (χ0v) is 17.7. The van der Waals surface area contributed by atoms with E-state index in [-0.39, 0.29) is 23.7 Å². The molecule has 0 saturated carbocycles. The van der Waals surface area contributed by atoms with E-state index in [4.69, 9.17) is 5.73 Å². The van der Waals surface area contributed by atoms with Crippen LogP contribution in [0.25, 0.3) is 0 Å². The molecule has 2 aromatic carbocycles. The largest absolute Gasteiger partial charge is 0.416 e. The first-order valence-corrected chi connectivity index (χ1v) is 9.58. The summed E-state index contributed by atoms with van der Waals surface area (Å²) in [4.78, 5) is 22.1. The van der Waals surface area contributed by atoms with E-state index in [0.29, 0.717) is 16.7 Å². The van der Waals surface area contributed by atoms with Crippen molar-refractivity contribution in [1.82, 2.24) is 14.9 Å². The van der Waals surface area contributed by atoms with E-state index < -0.39 is 23.5 Å². The van der Waals surface area contributed by atoms with Crippen LogP contribution >= 0.6 is 0 Å². The summed E-state index contributed by atoms with van der Waals surface area (Å²) in [5, 5.41) is 2.41. The van der Waals surface area contributed by atoms with Crippen molar-refractivity contribution < 1.29 is 22.4 Å². The normalized spacial score (nSPS) is 11.1. The van der Waals surface area contributed by atoms with Gasteiger partial charge in [-0.2, -0.15) is 13.2 Å². The second-order valence-electron chi connectivity index (χ2n) is 7.34. The first-order valence-electron chi connectivity index (χ1n) is 9.58. The van der Waals surface area contributed by atoms with Crippen LogP contribution in [0.2, 0.25) is 0 Å². The summed E-state index contributed by atoms with van der Waals surface area (Å²) in [5.74, 6) is 3.88. The lowest BCUT2D eigenvalue weighted by molar-refractivity contribution is -0.137. The van der Waals surface area contributed by atoms with E-state index >= 15 is 0 Å². The van der Waals surface area contributed by atoms with Gasteiger partial charge in [0.1, 0.15) is 5.82 Å². The Morgan fingerprint density at radius 3 is 2.36 bits per heavy atom. The van der Waals surface area contributed by atoms with Crippen LogP contribution in [0.4, 0.5) is 29.2 Å². The lowest BCUT2D eigenvalue weighted by Gasteiger charge is -2.17. The predicted octanol–water partition coefficient (Wildman–Crippen LogP) is 3.93. The molecule has 0 unspecified atom stereocenters. The van der Waals surface area contributed by atoms with Gasteiger partial charge >= 0.3 is 6.18 Å². The van der Waals surface area contributed by atoms with Gasteiger partial charge in [0.05, 0.1) is 16.7 Å². The zero-order valence-electron chi connectivity index (χ0n) is 17.7. The number of amides is 1. The number of carbonyl (C=O) groups excluding carboxylic acids is 1. The van der Waals surface area contributed by atoms with Gasteiger partial charge in [-0.05, 0) is 50.0 Å². The molecule has 3 aromatic rings. The summed E-state index contributed by atoms with van der Waals surface area (Å²) >= 11 is 0. The smallest absolute Gasteiger partial charge is 0.368 e. The number of hydrogen-bond acceptors (Lipinski definition) is 5. The Morgan fingerprint density at radius 1 is 1.06 bits per heavy atom. The van der Waals surface area contributed by atoms with Gasteiger partial charge in [0.2, 0.25) is 5.95 Å². The molecular formula is C23H19F4N5O. The first-order chi connectivity index (χ1) is 15.5. The predicted molar refractivity (Wildman–Crippen MR) is 116 cm³/mol. The van der Waals surface area contributed by atoms with E-state index in [1.54, 1.807) is 19.0 Å². The topological polar surface area (TPSA) is 84.1 Å². The summed E-state index contributed by atoms with van der Waals surface area (Å²) in [6.07, 6.45) is -1.78. The Balaban J connectivity index is 1.91. The van der Waals surface area contributed by atoms with Crippen molar-refractivity contribution in [3.05, 3.63) is 82.4 Å². The second-order valence-corrected chi connectivity index (χ2v) is 7.34. The van der Waals surface area contributed by atoms with Crippen LogP contribution < -0.4 is 11.1 Å². The lowest BCUT2D eigenvalue weighted by atomic mass is 10.1. The third kappa shape index (κ3) is 6.27. The average molecular weight is 457 g/mol. The van der Waals surface area contributed by atoms with Gasteiger partial charge in [-0.15, -0.1) is 0 Å². The van der Waals surface area contributed by atoms with Crippen LogP contribution in [0.15, 0.2) is 48.8 Å². The summed E-state index contributed by atoms with van der Waals surface area (Å²) in [5.41, 5.74) is 5.29. The number of nitrogens with two attached hydrogens (primary N) is 1. The highest BCUT2D eigenvalue weighted by atomic mass is 19.4. The molecule has 0 aliphatic rings. The van der Waals surface area contributed by atoms with Crippen LogP contribution in [0, 0.1) is 17.7 Å². The number of alkyl halides is 3. The van der Waals surface area contributed by atoms with Gasteiger partial charge in [0.15, 0.2) is 0 Å². The number of halogens is 4. The molecule has 0 saturated heterocycles. The number of carbonyl (C=O) groups is 1. The fraction of sp³-hybridized carbons (Fsp3) is 0.174. The van der Waals surface area contributed by atoms with Crippen LogP contribution in [0.1, 0.15) is 32.6 Å². The molecule has 0 fully saturated rings. The van der Waals surface area contributed by atoms with Gasteiger partial charge in [-0.1, -0.05) is 17.9 Å². The third-order valence-corrected chi connectivity index (χ3v) is 4.41. The molecule has 1 heterocycles. The summed E-state index contributed by atoms with van der Waals surface area (Å²) in [6, 6.07) is 6.70. The number of aromatic nitrogens is 2. The van der Waals surface area contributed by atoms with Crippen LogP contribution in [-0.4, -0.2) is 34.9 Å². The van der Waals surface area contributed by atoms with E-state index in [0.717, 1.165) is 18.2 Å². The fourth-order valence-corrected chi connectivity index (χ4v) is 2.86. The standard InChI is InChI=1S/C23H19F4N5O/c1-32(2)13-16-6-7-17(23(25,26)27)10-20(16)31-21(33)18-9-14(5-8-19(18)24)3-4-15-11-29-22(28)30-12-15/h5-12H,13H2,1-2H3,(H,31,33)(H2,28,29,30). The number of rotatable bonds is 4. The minimum absolute atomic E-state index is 0.0570. The maximum absolute atomic E-state index is 14.4. The molecule has 0 bridgehead atoms. The number of benzene rings is 2. The Kier molecular flexibility index (Phi) is 6.94. The molecule has 1 aromatic heterocycles. The number of anilines is 2. The highest BCUT2D eigenvalue weighted by Gasteiger charge is 2.31. The van der Waals surface area contributed by atoms with Crippen molar-refractivity contribution in [2.24, 2.45) is 0 Å². The highest BCUT2D eigenvalue weighted by Crippen LogP contribution is 2.32. The van der Waals surface area contributed by atoms with E-state index in [1.807, 2.05) is 0 Å². The zero-order chi connectivity index (χ0) is 24.2. The molecule has 0 atom stereocenters. The molecule has 6 nitrogen and oxygen atoms in total. The van der Waals surface area contributed by atoms with Gasteiger partial charge in [0, 0.05) is 30.2 Å². The summed E-state index contributed by atoms with van der Waals surface area (Å²) in [7, 11) is 3.47. The van der Waals surface area contributed by atoms with E-state index in [1.165, 1.54) is 30.6 Å². The first kappa shape index (κ1) is 23.7. The molecule has 33 heavy (non-hydrogen) atoms. The third-order valence-electron chi connectivity index (χ3n) is 4.41. The van der Waals surface area contributed by atoms with Crippen molar-refractivity contribution in [1.29, 1.82) is 0 Å². The van der Waals surface area contributed by atoms with Gasteiger partial charge in [-0.25, -0.2) is 14.4 Å². The Hall–Kier alpha value is -3.97. The Labute approximate surface area is 187 Å². The molecule has 3 rings (SSSR count). The summed E-state index contributed by atoms with van der Waals surface area (Å²) in [6.45, 7) is 0.269. The van der Waals surface area contributed by atoms with Gasteiger partial charge in [0.25, 0.3) is 5.91 Å². The number of hydrogen-bond donors (Lipinski definition) is 2.